The molecule has 0 saturated carbocycles. The molecule has 1 unspecified atom stereocenters. The highest BCUT2D eigenvalue weighted by Gasteiger charge is 2.27. The molecule has 8 nitrogen and oxygen atoms in total. The van der Waals surface area contributed by atoms with Crippen molar-refractivity contribution < 1.29 is 9.53 Å². The van der Waals surface area contributed by atoms with Crippen molar-refractivity contribution in [2.75, 3.05) is 30.5 Å². The van der Waals surface area contributed by atoms with Gasteiger partial charge in [-0.25, -0.2) is 4.68 Å². The molecule has 0 radical (unpaired) electrons. The van der Waals surface area contributed by atoms with Crippen LogP contribution < -0.4 is 10.2 Å². The number of carbonyl (C=O) groups is 1. The first kappa shape index (κ1) is 17.3. The smallest absolute Gasteiger partial charge is 0.254 e. The van der Waals surface area contributed by atoms with E-state index in [2.05, 4.69) is 20.3 Å². The fourth-order valence-corrected chi connectivity index (χ4v) is 3.24. The normalized spacial score (nSPS) is 17.1. The predicted octanol–water partition coefficient (Wildman–Crippen LogP) is 1.85. The maximum absolute atomic E-state index is 11.5. The molecule has 0 aromatic carbocycles. The highest BCUT2D eigenvalue weighted by Crippen LogP contribution is 2.26. The third-order valence-electron chi connectivity index (χ3n) is 4.23. The van der Waals surface area contributed by atoms with Crippen LogP contribution in [0.4, 0.5) is 11.6 Å². The van der Waals surface area contributed by atoms with Gasteiger partial charge < -0.3 is 15.0 Å². The molecular formula is C17H24N6O2. The van der Waals surface area contributed by atoms with E-state index in [1.54, 1.807) is 11.8 Å². The van der Waals surface area contributed by atoms with Crippen molar-refractivity contribution in [3.8, 4) is 5.95 Å². The van der Waals surface area contributed by atoms with Gasteiger partial charge >= 0.3 is 0 Å². The number of hydrogen-bond acceptors (Lipinski definition) is 6. The number of anilines is 2. The fraction of sp³-hybridized carbons (Fsp3) is 0.529. The molecule has 134 valence electrons. The van der Waals surface area contributed by atoms with E-state index in [1.807, 2.05) is 26.0 Å². The summed E-state index contributed by atoms with van der Waals surface area (Å²) in [5, 5.41) is 7.22. The van der Waals surface area contributed by atoms with Gasteiger partial charge in [-0.2, -0.15) is 15.1 Å². The Morgan fingerprint density at radius 2 is 2.16 bits per heavy atom. The van der Waals surface area contributed by atoms with Crippen LogP contribution >= 0.6 is 0 Å². The third-order valence-corrected chi connectivity index (χ3v) is 4.23. The highest BCUT2D eigenvalue weighted by atomic mass is 16.5. The number of aromatic nitrogens is 4. The second-order valence-corrected chi connectivity index (χ2v) is 6.38. The number of amides is 1. The maximum atomic E-state index is 11.5. The van der Waals surface area contributed by atoms with Gasteiger partial charge in [0.05, 0.1) is 18.3 Å². The Hall–Kier alpha value is -2.48. The van der Waals surface area contributed by atoms with E-state index < -0.39 is 0 Å². The minimum Gasteiger partial charge on any atom is -0.383 e. The molecule has 25 heavy (non-hydrogen) atoms. The van der Waals surface area contributed by atoms with Gasteiger partial charge in [-0.05, 0) is 32.8 Å². The van der Waals surface area contributed by atoms with Gasteiger partial charge in [0.25, 0.3) is 5.95 Å². The Balaban J connectivity index is 2.04. The Morgan fingerprint density at radius 1 is 1.36 bits per heavy atom. The number of carbonyl (C=O) groups excluding carboxylic acids is 1. The van der Waals surface area contributed by atoms with Crippen LogP contribution in [-0.4, -0.2) is 52.0 Å². The van der Waals surface area contributed by atoms with Crippen molar-refractivity contribution in [2.45, 2.75) is 39.7 Å². The summed E-state index contributed by atoms with van der Waals surface area (Å²) in [5.41, 5.74) is 1.84. The Morgan fingerprint density at radius 3 is 2.80 bits per heavy atom. The summed E-state index contributed by atoms with van der Waals surface area (Å²) in [6, 6.07) is 4.06. The Bertz CT molecular complexity index is 772. The zero-order chi connectivity index (χ0) is 18.0. The molecule has 0 aliphatic carbocycles. The monoisotopic (exact) mass is 344 g/mol. The van der Waals surface area contributed by atoms with Crippen molar-refractivity contribution in [1.29, 1.82) is 0 Å². The summed E-state index contributed by atoms with van der Waals surface area (Å²) in [4.78, 5) is 22.9. The first-order valence-corrected chi connectivity index (χ1v) is 8.44. The number of nitrogens with one attached hydrogen (secondary N) is 1. The van der Waals surface area contributed by atoms with E-state index in [1.165, 1.54) is 6.92 Å². The fourth-order valence-electron chi connectivity index (χ4n) is 3.24. The lowest BCUT2D eigenvalue weighted by molar-refractivity contribution is -0.114. The first-order chi connectivity index (χ1) is 12.0. The second kappa shape index (κ2) is 7.18. The van der Waals surface area contributed by atoms with Gasteiger partial charge in [0.15, 0.2) is 0 Å². The van der Waals surface area contributed by atoms with Crippen LogP contribution in [0.15, 0.2) is 12.1 Å². The molecule has 8 heteroatoms. The van der Waals surface area contributed by atoms with E-state index in [4.69, 9.17) is 9.72 Å². The molecule has 1 fully saturated rings. The third kappa shape index (κ3) is 3.79. The minimum absolute atomic E-state index is 0.168. The van der Waals surface area contributed by atoms with Crippen molar-refractivity contribution >= 4 is 17.5 Å². The van der Waals surface area contributed by atoms with Crippen LogP contribution in [0.2, 0.25) is 0 Å². The van der Waals surface area contributed by atoms with Gasteiger partial charge in [0.1, 0.15) is 11.6 Å². The van der Waals surface area contributed by atoms with Crippen LogP contribution in [0.1, 0.15) is 31.2 Å². The SMILES string of the molecule is COCC1CCCN1c1cc(NC(C)=O)nc(-n2nc(C)cc2C)n1. The number of aryl methyl sites for hydroxylation is 2. The van der Waals surface area contributed by atoms with E-state index in [0.717, 1.165) is 36.6 Å². The van der Waals surface area contributed by atoms with Crippen molar-refractivity contribution in [1.82, 2.24) is 19.7 Å². The zero-order valence-electron chi connectivity index (χ0n) is 15.1. The average Bonchev–Trinajstić information content (AvgIpc) is 3.13. The predicted molar refractivity (Wildman–Crippen MR) is 95.2 cm³/mol. The van der Waals surface area contributed by atoms with Crippen molar-refractivity contribution in [3.05, 3.63) is 23.5 Å². The molecule has 1 aliphatic heterocycles. The van der Waals surface area contributed by atoms with Gasteiger partial charge in [0.2, 0.25) is 5.91 Å². The molecule has 2 aromatic heterocycles. The van der Waals surface area contributed by atoms with Crippen LogP contribution in [0, 0.1) is 13.8 Å². The van der Waals surface area contributed by atoms with E-state index in [-0.39, 0.29) is 11.9 Å². The number of rotatable bonds is 5. The van der Waals surface area contributed by atoms with E-state index >= 15 is 0 Å². The molecule has 1 amide bonds. The molecule has 1 atom stereocenters. The van der Waals surface area contributed by atoms with Crippen molar-refractivity contribution in [3.63, 3.8) is 0 Å². The van der Waals surface area contributed by atoms with Crippen molar-refractivity contribution in [2.24, 2.45) is 0 Å². The number of hydrogen-bond donors (Lipinski definition) is 1. The molecule has 3 rings (SSSR count). The minimum atomic E-state index is -0.168. The lowest BCUT2D eigenvalue weighted by atomic mass is 10.2. The van der Waals surface area contributed by atoms with Crippen LogP contribution in [0.5, 0.6) is 0 Å². The summed E-state index contributed by atoms with van der Waals surface area (Å²) in [6.45, 7) is 6.90. The summed E-state index contributed by atoms with van der Waals surface area (Å²) >= 11 is 0. The summed E-state index contributed by atoms with van der Waals surface area (Å²) in [7, 11) is 1.71. The Kier molecular flexibility index (Phi) is 4.98. The highest BCUT2D eigenvalue weighted by molar-refractivity contribution is 5.88. The molecule has 3 heterocycles. The standard InChI is InChI=1S/C17H24N6O2/c1-11-8-12(2)23(21-11)17-19-15(18-13(3)24)9-16(20-17)22-7-5-6-14(22)10-25-4/h8-9,14H,5-7,10H2,1-4H3,(H,18,19,20,24). The second-order valence-electron chi connectivity index (χ2n) is 6.38. The molecule has 1 saturated heterocycles. The molecule has 1 aliphatic rings. The largest absolute Gasteiger partial charge is 0.383 e. The van der Waals surface area contributed by atoms with Crippen LogP contribution in [0.25, 0.3) is 5.95 Å². The van der Waals surface area contributed by atoms with Gasteiger partial charge in [-0.1, -0.05) is 0 Å². The van der Waals surface area contributed by atoms with E-state index in [0.29, 0.717) is 18.4 Å². The first-order valence-electron chi connectivity index (χ1n) is 8.44. The number of nitrogens with zero attached hydrogens (tertiary/aromatic N) is 5. The number of methoxy groups -OCH3 is 1. The van der Waals surface area contributed by atoms with Gasteiger partial charge in [-0.3, -0.25) is 4.79 Å². The van der Waals surface area contributed by atoms with Crippen LogP contribution in [0.3, 0.4) is 0 Å². The lowest BCUT2D eigenvalue weighted by Crippen LogP contribution is -2.34. The van der Waals surface area contributed by atoms with Gasteiger partial charge in [-0.15, -0.1) is 0 Å². The van der Waals surface area contributed by atoms with Crippen LogP contribution in [-0.2, 0) is 9.53 Å². The van der Waals surface area contributed by atoms with Gasteiger partial charge in [0, 0.05) is 32.3 Å². The molecule has 0 bridgehead atoms. The number of ether oxygens (including phenoxy) is 1. The summed E-state index contributed by atoms with van der Waals surface area (Å²) in [5.74, 6) is 1.54. The molecule has 2 aromatic rings. The summed E-state index contributed by atoms with van der Waals surface area (Å²) < 4.78 is 7.04. The van der Waals surface area contributed by atoms with E-state index in [9.17, 15) is 4.79 Å². The summed E-state index contributed by atoms with van der Waals surface area (Å²) in [6.07, 6.45) is 2.14. The zero-order valence-corrected chi connectivity index (χ0v) is 15.1. The Labute approximate surface area is 147 Å². The topological polar surface area (TPSA) is 85.2 Å². The quantitative estimate of drug-likeness (QED) is 0.891. The molecule has 0 spiro atoms. The maximum Gasteiger partial charge on any atom is 0.254 e. The molecular weight excluding hydrogens is 320 g/mol. The average molecular weight is 344 g/mol. The lowest BCUT2D eigenvalue weighted by Gasteiger charge is -2.25. The molecule has 1 N–H and O–H groups in total.